The molecule has 252 valence electrons. The molecule has 3 atom stereocenters. The van der Waals surface area contributed by atoms with Crippen molar-refractivity contribution in [2.24, 2.45) is 10.8 Å². The average molecular weight is 662 g/mol. The van der Waals surface area contributed by atoms with Crippen molar-refractivity contribution >= 4 is 35.9 Å². The Bertz CT molecular complexity index is 1130. The molecular weight excluding hydrogens is 603 g/mol. The molecule has 2 saturated heterocycles. The number of Topliss-reactive ketones (excluding diaryl/α,β-unsaturated/α-hetero) is 2. The highest BCUT2D eigenvalue weighted by Crippen LogP contribution is 2.43. The van der Waals surface area contributed by atoms with Gasteiger partial charge in [0.05, 0.1) is 16.1 Å². The third-order valence-corrected chi connectivity index (χ3v) is 11.9. The van der Waals surface area contributed by atoms with Crippen molar-refractivity contribution in [1.82, 2.24) is 9.80 Å². The van der Waals surface area contributed by atoms with Gasteiger partial charge in [0.15, 0.2) is 11.6 Å². The Morgan fingerprint density at radius 2 is 1.38 bits per heavy atom. The van der Waals surface area contributed by atoms with E-state index in [4.69, 9.17) is 4.74 Å². The molecular formula is C36H58N2O5PS+. The van der Waals surface area contributed by atoms with Crippen LogP contribution in [-0.4, -0.2) is 71.5 Å². The number of hydrogen-bond donors (Lipinski definition) is 0. The van der Waals surface area contributed by atoms with Gasteiger partial charge in [0.1, 0.15) is 30.1 Å². The number of likely N-dealkylation sites (tertiary alicyclic amines) is 2. The van der Waals surface area contributed by atoms with Crippen LogP contribution in [0.1, 0.15) is 105 Å². The number of carbonyl (C=O) groups excluding carboxylic acids is 3. The van der Waals surface area contributed by atoms with Gasteiger partial charge in [0.2, 0.25) is 0 Å². The maximum Gasteiger partial charge on any atom is 0.407 e. The second-order valence-electron chi connectivity index (χ2n) is 13.9. The van der Waals surface area contributed by atoms with Crippen LogP contribution < -0.4 is 0 Å². The lowest BCUT2D eigenvalue weighted by Crippen LogP contribution is -2.45. The number of ketones is 2. The number of esters is 1. The zero-order valence-corrected chi connectivity index (χ0v) is 30.5. The predicted octanol–water partition coefficient (Wildman–Crippen LogP) is 8.65. The van der Waals surface area contributed by atoms with Crippen LogP contribution in [0.3, 0.4) is 0 Å². The summed E-state index contributed by atoms with van der Waals surface area (Å²) >= 11 is 1.52. The Balaban J connectivity index is 0.000000256. The van der Waals surface area contributed by atoms with Crippen molar-refractivity contribution < 1.29 is 23.7 Å². The molecule has 0 aromatic heterocycles. The van der Waals surface area contributed by atoms with Gasteiger partial charge in [-0.15, -0.1) is 6.58 Å². The summed E-state index contributed by atoms with van der Waals surface area (Å²) in [5.41, 5.74) is 0.461. The normalized spacial score (nSPS) is 25.8. The monoisotopic (exact) mass is 661 g/mol. The van der Waals surface area contributed by atoms with E-state index >= 15 is 0 Å². The number of carbonyl (C=O) groups is 3. The minimum absolute atomic E-state index is 0.0836. The van der Waals surface area contributed by atoms with Crippen molar-refractivity contribution in [3.63, 3.8) is 0 Å². The van der Waals surface area contributed by atoms with E-state index in [2.05, 4.69) is 56.7 Å². The molecule has 0 spiro atoms. The van der Waals surface area contributed by atoms with Gasteiger partial charge >= 0.3 is 13.0 Å². The lowest BCUT2D eigenvalue weighted by Gasteiger charge is -2.38. The summed E-state index contributed by atoms with van der Waals surface area (Å²) in [6.07, 6.45) is 18.8. The quantitative estimate of drug-likeness (QED) is 0.111. The van der Waals surface area contributed by atoms with Gasteiger partial charge in [-0.3, -0.25) is 14.4 Å². The highest BCUT2D eigenvalue weighted by atomic mass is 32.7. The summed E-state index contributed by atoms with van der Waals surface area (Å²) in [5, 5.41) is 0. The third kappa shape index (κ3) is 11.8. The zero-order valence-electron chi connectivity index (χ0n) is 28.8. The molecule has 2 aliphatic heterocycles. The van der Waals surface area contributed by atoms with E-state index in [-0.39, 0.29) is 22.6 Å². The van der Waals surface area contributed by atoms with E-state index in [0.717, 1.165) is 70.4 Å². The van der Waals surface area contributed by atoms with Gasteiger partial charge in [0, 0.05) is 31.6 Å². The summed E-state index contributed by atoms with van der Waals surface area (Å²) in [5.74, 6) is -0.171. The summed E-state index contributed by atoms with van der Waals surface area (Å²) in [6, 6.07) is 0. The van der Waals surface area contributed by atoms with E-state index in [9.17, 15) is 18.9 Å². The Morgan fingerprint density at radius 1 is 0.889 bits per heavy atom. The molecule has 2 fully saturated rings. The summed E-state index contributed by atoms with van der Waals surface area (Å²) in [7, 11) is -1.02. The molecule has 0 amide bonds. The van der Waals surface area contributed by atoms with Crippen molar-refractivity contribution in [3.8, 4) is 0 Å². The predicted molar refractivity (Wildman–Crippen MR) is 189 cm³/mol. The molecule has 2 heterocycles. The Morgan fingerprint density at radius 3 is 1.80 bits per heavy atom. The van der Waals surface area contributed by atoms with Gasteiger partial charge in [-0.2, -0.15) is 0 Å². The largest absolute Gasteiger partial charge is 0.461 e. The summed E-state index contributed by atoms with van der Waals surface area (Å²) in [4.78, 5) is 41.9. The third-order valence-electron chi connectivity index (χ3n) is 8.70. The molecule has 9 heteroatoms. The molecule has 2 aliphatic carbocycles. The molecule has 4 rings (SSSR count). The SMILES string of the molecule is C=CCOC(=O)C1(C)CCC=C(N2CCCCC2)C1=O.C=CC[C@]1(C)CCC=C(N2CCCCC2)C1=O.C[P+](=O)SC(C)(C)C. The smallest absolute Gasteiger partial charge is 0.407 e. The van der Waals surface area contributed by atoms with Crippen molar-refractivity contribution in [1.29, 1.82) is 0 Å². The fourth-order valence-electron chi connectivity index (χ4n) is 6.23. The first-order valence-corrected chi connectivity index (χ1v) is 19.8. The minimum atomic E-state index is -1.04. The molecule has 2 unspecified atom stereocenters. The first-order chi connectivity index (χ1) is 21.2. The second kappa shape index (κ2) is 18.2. The summed E-state index contributed by atoms with van der Waals surface area (Å²) in [6.45, 7) is 23.1. The fraction of sp³-hybridized carbons (Fsp3) is 0.694. The van der Waals surface area contributed by atoms with Gasteiger partial charge < -0.3 is 14.5 Å². The van der Waals surface area contributed by atoms with Crippen LogP contribution in [0.4, 0.5) is 0 Å². The zero-order chi connectivity index (χ0) is 33.7. The molecule has 0 radical (unpaired) electrons. The van der Waals surface area contributed by atoms with E-state index < -0.39 is 18.4 Å². The van der Waals surface area contributed by atoms with Crippen molar-refractivity contribution in [3.05, 3.63) is 48.9 Å². The van der Waals surface area contributed by atoms with E-state index in [1.165, 1.54) is 43.1 Å². The van der Waals surface area contributed by atoms with Crippen LogP contribution in [0.25, 0.3) is 0 Å². The van der Waals surface area contributed by atoms with Gasteiger partial charge in [0.25, 0.3) is 0 Å². The van der Waals surface area contributed by atoms with Crippen LogP contribution >= 0.6 is 18.4 Å². The van der Waals surface area contributed by atoms with Crippen LogP contribution in [0.2, 0.25) is 0 Å². The highest BCUT2D eigenvalue weighted by molar-refractivity contribution is 8.52. The van der Waals surface area contributed by atoms with Crippen LogP contribution in [0.5, 0.6) is 0 Å². The first kappa shape index (κ1) is 39.0. The van der Waals surface area contributed by atoms with E-state index in [0.29, 0.717) is 17.9 Å². The molecule has 45 heavy (non-hydrogen) atoms. The highest BCUT2D eigenvalue weighted by Gasteiger charge is 2.46. The molecule has 0 bridgehead atoms. The molecule has 0 N–H and O–H groups in total. The number of allylic oxidation sites excluding steroid dienone is 5. The second-order valence-corrected chi connectivity index (χ2v) is 18.3. The standard InChI is InChI=1S/C16H23NO3.C15H23NO.C5H12OPS/c1-3-12-20-15(19)16(2)9-7-8-13(14(16)18)17-10-5-4-6-11-17;1-3-9-15(2)10-7-8-13(14(15)17)16-11-5-4-6-12-16;1-5(2,3)8-7(4)6/h3,8H,1,4-7,9-12H2,2H3;3,8H,1,4-7,9-12H2,2H3;1-4H3/q;;+1/t;15-;/m.1./s1. The van der Waals surface area contributed by atoms with Crippen LogP contribution in [0, 0.1) is 10.8 Å². The molecule has 4 aliphatic rings. The first-order valence-electron chi connectivity index (χ1n) is 16.7. The number of nitrogens with zero attached hydrogens (tertiary/aromatic N) is 2. The minimum Gasteiger partial charge on any atom is -0.461 e. The molecule has 0 aromatic rings. The lowest BCUT2D eigenvalue weighted by atomic mass is 9.73. The molecule has 0 saturated carbocycles. The van der Waals surface area contributed by atoms with Crippen molar-refractivity contribution in [2.45, 2.75) is 110 Å². The number of rotatable bonds is 8. The number of piperidine rings is 2. The van der Waals surface area contributed by atoms with Gasteiger partial charge in [-0.1, -0.05) is 42.4 Å². The maximum absolute atomic E-state index is 12.7. The van der Waals surface area contributed by atoms with Crippen LogP contribution in [0.15, 0.2) is 48.9 Å². The van der Waals surface area contributed by atoms with Gasteiger partial charge in [-0.25, -0.2) is 0 Å². The Hall–Kier alpha value is -2.18. The Labute approximate surface area is 277 Å². The van der Waals surface area contributed by atoms with E-state index in [1.54, 1.807) is 13.6 Å². The fourth-order valence-corrected chi connectivity index (χ4v) is 9.32. The maximum atomic E-state index is 12.7. The number of hydrogen-bond acceptors (Lipinski definition) is 8. The summed E-state index contributed by atoms with van der Waals surface area (Å²) < 4.78 is 15.8. The molecule has 7 nitrogen and oxygen atoms in total. The molecule has 0 aromatic carbocycles. The van der Waals surface area contributed by atoms with Crippen molar-refractivity contribution in [2.75, 3.05) is 39.5 Å². The lowest BCUT2D eigenvalue weighted by molar-refractivity contribution is -0.158. The van der Waals surface area contributed by atoms with Gasteiger partial charge in [-0.05, 0) is 98.3 Å². The topological polar surface area (TPSA) is 84.0 Å². The Kier molecular flexibility index (Phi) is 15.8. The van der Waals surface area contributed by atoms with Crippen LogP contribution in [-0.2, 0) is 23.7 Å². The number of ether oxygens (including phenoxy) is 1. The van der Waals surface area contributed by atoms with E-state index in [1.807, 2.05) is 12.2 Å². The average Bonchev–Trinajstić information content (AvgIpc) is 2.99.